The van der Waals surface area contributed by atoms with Gasteiger partial charge in [0.15, 0.2) is 11.2 Å². The minimum Gasteiger partial charge on any atom is -0.444 e. The van der Waals surface area contributed by atoms with E-state index in [-0.39, 0.29) is 19.1 Å². The normalized spacial score (nSPS) is 17.0. The molecular weight excluding hydrogens is 536 g/mol. The molecule has 0 radical (unpaired) electrons. The number of carbonyl (C=O) groups excluding carboxylic acids is 1. The van der Waals surface area contributed by atoms with E-state index in [9.17, 15) is 14.4 Å². The summed E-state index contributed by atoms with van der Waals surface area (Å²) in [5, 5.41) is 2.96. The number of aryl methyl sites for hydroxylation is 3. The maximum absolute atomic E-state index is 14.0. The first-order valence-corrected chi connectivity index (χ1v) is 14.7. The highest BCUT2D eigenvalue weighted by atomic mass is 16.6. The summed E-state index contributed by atoms with van der Waals surface area (Å²) in [5.41, 5.74) is 2.16. The van der Waals surface area contributed by atoms with Crippen molar-refractivity contribution in [2.75, 3.05) is 18.0 Å². The molecule has 0 aromatic carbocycles. The van der Waals surface area contributed by atoms with E-state index in [0.29, 0.717) is 36.0 Å². The Balaban J connectivity index is 1.53. The van der Waals surface area contributed by atoms with Crippen LogP contribution in [0.4, 0.5) is 10.7 Å². The predicted molar refractivity (Wildman–Crippen MR) is 160 cm³/mol. The zero-order valence-electron chi connectivity index (χ0n) is 25.4. The van der Waals surface area contributed by atoms with Gasteiger partial charge in [-0.2, -0.15) is 4.98 Å². The van der Waals surface area contributed by atoms with Crippen molar-refractivity contribution in [1.29, 1.82) is 0 Å². The smallest absolute Gasteiger partial charge is 0.407 e. The van der Waals surface area contributed by atoms with Crippen LogP contribution in [0, 0.1) is 18.8 Å². The number of nitrogens with one attached hydrogen (secondary N) is 1. The van der Waals surface area contributed by atoms with E-state index < -0.39 is 22.9 Å². The summed E-state index contributed by atoms with van der Waals surface area (Å²) in [6, 6.07) is -0.163. The molecule has 1 amide bonds. The lowest BCUT2D eigenvalue weighted by Crippen LogP contribution is -2.49. The lowest BCUT2D eigenvalue weighted by atomic mass is 9.95. The van der Waals surface area contributed by atoms with Crippen molar-refractivity contribution in [1.82, 2.24) is 34.0 Å². The van der Waals surface area contributed by atoms with E-state index in [0.717, 1.165) is 49.9 Å². The molecule has 12 nitrogen and oxygen atoms in total. The second-order valence-corrected chi connectivity index (χ2v) is 12.1. The van der Waals surface area contributed by atoms with Gasteiger partial charge in [0.2, 0.25) is 5.95 Å². The number of rotatable bonds is 5. The van der Waals surface area contributed by atoms with Gasteiger partial charge in [0.1, 0.15) is 11.4 Å². The lowest BCUT2D eigenvalue weighted by molar-refractivity contribution is 0.0499. The summed E-state index contributed by atoms with van der Waals surface area (Å²) in [6.45, 7) is 10.5. The summed E-state index contributed by atoms with van der Waals surface area (Å²) >= 11 is 0. The van der Waals surface area contributed by atoms with Gasteiger partial charge in [-0.1, -0.05) is 5.92 Å². The van der Waals surface area contributed by atoms with Gasteiger partial charge in [-0.05, 0) is 78.7 Å². The minimum absolute atomic E-state index is 0.0267. The van der Waals surface area contributed by atoms with Gasteiger partial charge in [-0.3, -0.25) is 18.5 Å². The van der Waals surface area contributed by atoms with Gasteiger partial charge in [0.25, 0.3) is 5.56 Å². The Morgan fingerprint density at radius 3 is 2.60 bits per heavy atom. The minimum atomic E-state index is -0.598. The number of nitrogens with zero attached hydrogens (tertiary/aromatic N) is 7. The average Bonchev–Trinajstić information content (AvgIpc) is 3.32. The molecule has 3 aromatic rings. The predicted octanol–water partition coefficient (Wildman–Crippen LogP) is 2.44. The van der Waals surface area contributed by atoms with Crippen molar-refractivity contribution in [2.45, 2.75) is 97.9 Å². The highest BCUT2D eigenvalue weighted by molar-refractivity contribution is 5.75. The van der Waals surface area contributed by atoms with Crippen LogP contribution in [0.5, 0.6) is 0 Å². The molecule has 1 aliphatic heterocycles. The van der Waals surface area contributed by atoms with Crippen molar-refractivity contribution in [3.63, 3.8) is 0 Å². The summed E-state index contributed by atoms with van der Waals surface area (Å²) < 4.78 is 9.82. The van der Waals surface area contributed by atoms with Crippen molar-refractivity contribution in [3.8, 4) is 11.8 Å². The van der Waals surface area contributed by atoms with E-state index >= 15 is 0 Å². The second-order valence-electron chi connectivity index (χ2n) is 12.1. The maximum atomic E-state index is 14.0. The fourth-order valence-electron chi connectivity index (χ4n) is 5.86. The van der Waals surface area contributed by atoms with E-state index in [1.807, 2.05) is 32.6 Å². The van der Waals surface area contributed by atoms with Crippen LogP contribution in [-0.2, 0) is 37.7 Å². The van der Waals surface area contributed by atoms with E-state index in [2.05, 4.69) is 22.1 Å². The fraction of sp³-hybridized carbons (Fsp3) is 0.600. The van der Waals surface area contributed by atoms with Gasteiger partial charge < -0.3 is 15.0 Å². The maximum Gasteiger partial charge on any atom is 0.407 e. The first kappa shape index (κ1) is 29.4. The number of fused-ring (bicyclic) bond motifs is 2. The molecule has 1 N–H and O–H groups in total. The Hall–Kier alpha value is -4.14. The standard InChI is InChI=1S/C30H40N8O4/c1-7-8-16-37-24-25(34-27(37)36-15-11-12-20(17-36)32-28(40)42-30(3,4)5)35(6)29(41)38(26(24)39)18-23-31-19(2)21-13-9-10-14-22(21)33-23/h20H,9-18H2,1-6H3,(H,32,40)/t20-/m1/s1. The van der Waals surface area contributed by atoms with Crippen LogP contribution in [0.2, 0.25) is 0 Å². The molecule has 4 heterocycles. The molecule has 3 aromatic heterocycles. The van der Waals surface area contributed by atoms with Crippen molar-refractivity contribution >= 4 is 23.2 Å². The molecule has 12 heteroatoms. The number of ether oxygens (including phenoxy) is 1. The third kappa shape index (κ3) is 5.91. The molecule has 2 aliphatic rings. The second kappa shape index (κ2) is 11.6. The number of hydrogen-bond acceptors (Lipinski definition) is 8. The number of piperidine rings is 1. The summed E-state index contributed by atoms with van der Waals surface area (Å²) in [4.78, 5) is 56.2. The Kier molecular flexibility index (Phi) is 8.12. The fourth-order valence-corrected chi connectivity index (χ4v) is 5.86. The summed E-state index contributed by atoms with van der Waals surface area (Å²) in [5.74, 6) is 6.96. The molecule has 224 valence electrons. The van der Waals surface area contributed by atoms with Crippen LogP contribution in [0.1, 0.15) is 76.2 Å². The number of amides is 1. The number of hydrogen-bond donors (Lipinski definition) is 1. The van der Waals surface area contributed by atoms with Gasteiger partial charge in [0.05, 0.1) is 13.1 Å². The van der Waals surface area contributed by atoms with Crippen LogP contribution in [0.25, 0.3) is 11.2 Å². The Morgan fingerprint density at radius 2 is 1.86 bits per heavy atom. The summed E-state index contributed by atoms with van der Waals surface area (Å²) in [6.07, 6.45) is 5.15. The molecule has 0 saturated carbocycles. The molecule has 1 saturated heterocycles. The molecule has 1 atom stereocenters. The van der Waals surface area contributed by atoms with Crippen molar-refractivity contribution < 1.29 is 9.53 Å². The SMILES string of the molecule is CC#CCn1c(N2CCC[C@@H](NC(=O)OC(C)(C)C)C2)nc2c1c(=O)n(Cc1nc(C)c3c(n1)CCCC3)c(=O)n2C. The van der Waals surface area contributed by atoms with Crippen LogP contribution in [0.3, 0.4) is 0 Å². The molecule has 1 fully saturated rings. The largest absolute Gasteiger partial charge is 0.444 e. The quantitative estimate of drug-likeness (QED) is 0.459. The van der Waals surface area contributed by atoms with E-state index in [4.69, 9.17) is 14.7 Å². The Labute approximate surface area is 245 Å². The number of carbonyl (C=O) groups is 1. The first-order valence-electron chi connectivity index (χ1n) is 14.7. The van der Waals surface area contributed by atoms with Gasteiger partial charge >= 0.3 is 11.8 Å². The van der Waals surface area contributed by atoms with E-state index in [1.165, 1.54) is 14.7 Å². The van der Waals surface area contributed by atoms with Crippen LogP contribution < -0.4 is 21.5 Å². The molecular formula is C30H40N8O4. The topological polar surface area (TPSA) is 129 Å². The van der Waals surface area contributed by atoms with E-state index in [1.54, 1.807) is 18.5 Å². The highest BCUT2D eigenvalue weighted by Crippen LogP contribution is 2.24. The van der Waals surface area contributed by atoms with Gasteiger partial charge in [-0.25, -0.2) is 19.6 Å². The van der Waals surface area contributed by atoms with Crippen LogP contribution in [0.15, 0.2) is 9.59 Å². The van der Waals surface area contributed by atoms with Crippen molar-refractivity contribution in [2.24, 2.45) is 7.05 Å². The molecule has 5 rings (SSSR count). The lowest BCUT2D eigenvalue weighted by Gasteiger charge is -2.34. The molecule has 1 aliphatic carbocycles. The van der Waals surface area contributed by atoms with Crippen LogP contribution >= 0.6 is 0 Å². The Morgan fingerprint density at radius 1 is 1.10 bits per heavy atom. The number of anilines is 1. The summed E-state index contributed by atoms with van der Waals surface area (Å²) in [7, 11) is 1.62. The van der Waals surface area contributed by atoms with Crippen molar-refractivity contribution in [3.05, 3.63) is 43.6 Å². The molecule has 0 spiro atoms. The highest BCUT2D eigenvalue weighted by Gasteiger charge is 2.29. The third-order valence-corrected chi connectivity index (χ3v) is 7.79. The number of imidazole rings is 1. The first-order chi connectivity index (χ1) is 20.0. The van der Waals surface area contributed by atoms with Crippen LogP contribution in [-0.4, -0.2) is 59.5 Å². The molecule has 42 heavy (non-hydrogen) atoms. The number of aromatic nitrogens is 6. The zero-order chi connectivity index (χ0) is 30.2. The molecule has 0 bridgehead atoms. The third-order valence-electron chi connectivity index (χ3n) is 7.79. The molecule has 0 unspecified atom stereocenters. The monoisotopic (exact) mass is 576 g/mol. The number of alkyl carbamates (subject to hydrolysis) is 1. The Bertz CT molecular complexity index is 1700. The van der Waals surface area contributed by atoms with Gasteiger partial charge in [-0.15, -0.1) is 5.92 Å². The zero-order valence-corrected chi connectivity index (χ0v) is 25.4. The van der Waals surface area contributed by atoms with Gasteiger partial charge in [0, 0.05) is 37.6 Å². The average molecular weight is 577 g/mol.